The molecule has 1 atom stereocenters. The van der Waals surface area contributed by atoms with Crippen molar-refractivity contribution in [1.82, 2.24) is 14.8 Å². The first-order chi connectivity index (χ1) is 15.0. The van der Waals surface area contributed by atoms with Crippen LogP contribution in [0.5, 0.6) is 5.75 Å². The van der Waals surface area contributed by atoms with Crippen molar-refractivity contribution in [3.8, 4) is 5.75 Å². The molecule has 2 fully saturated rings. The van der Waals surface area contributed by atoms with Crippen LogP contribution in [0.15, 0.2) is 41.3 Å². The lowest BCUT2D eigenvalue weighted by Gasteiger charge is -2.43. The van der Waals surface area contributed by atoms with Gasteiger partial charge in [0.1, 0.15) is 5.75 Å². The van der Waals surface area contributed by atoms with E-state index in [1.165, 1.54) is 12.6 Å². The van der Waals surface area contributed by atoms with E-state index in [9.17, 15) is 9.59 Å². The molecule has 0 radical (unpaired) electrons. The Kier molecular flexibility index (Phi) is 6.77. The summed E-state index contributed by atoms with van der Waals surface area (Å²) in [6.45, 7) is 3.59. The molecule has 0 aliphatic carbocycles. The van der Waals surface area contributed by atoms with Crippen molar-refractivity contribution in [2.45, 2.75) is 19.3 Å². The molecule has 2 amide bonds. The Labute approximate surface area is 186 Å². The first kappa shape index (κ1) is 21.6. The topological polar surface area (TPSA) is 85.1 Å². The molecule has 1 aromatic carbocycles. The largest absolute Gasteiger partial charge is 0.493 e. The van der Waals surface area contributed by atoms with Gasteiger partial charge in [-0.15, -0.1) is 0 Å². The van der Waals surface area contributed by atoms with Gasteiger partial charge in [0.15, 0.2) is 6.39 Å². The molecule has 2 saturated heterocycles. The van der Waals surface area contributed by atoms with Gasteiger partial charge in [-0.3, -0.25) is 9.59 Å². The minimum atomic E-state index is -0.508. The molecule has 0 bridgehead atoms. The van der Waals surface area contributed by atoms with Crippen LogP contribution >= 0.6 is 11.6 Å². The summed E-state index contributed by atoms with van der Waals surface area (Å²) in [6, 6.07) is 7.19. The number of morpholine rings is 1. The van der Waals surface area contributed by atoms with Gasteiger partial charge in [0.2, 0.25) is 11.7 Å². The molecular weight excluding hydrogens is 422 g/mol. The second-order valence-corrected chi connectivity index (χ2v) is 8.55. The molecular formula is C22H26ClN3O5. The number of halogens is 1. The highest BCUT2D eigenvalue weighted by Crippen LogP contribution is 2.36. The number of hydrogen-bond acceptors (Lipinski definition) is 6. The van der Waals surface area contributed by atoms with Crippen LogP contribution in [0.2, 0.25) is 5.02 Å². The number of carbonyl (C=O) groups excluding carboxylic acids is 2. The van der Waals surface area contributed by atoms with Crippen molar-refractivity contribution >= 4 is 23.4 Å². The van der Waals surface area contributed by atoms with Gasteiger partial charge in [-0.2, -0.15) is 0 Å². The van der Waals surface area contributed by atoms with E-state index in [4.69, 9.17) is 25.5 Å². The highest BCUT2D eigenvalue weighted by molar-refractivity contribution is 6.30. The maximum Gasteiger partial charge on any atom is 0.291 e. The SMILES string of the molecule is O=C(CC1(COc2cccc(Cl)c2)CCCN(C(=O)c2cnco2)C1)N1CCOCC1. The molecule has 31 heavy (non-hydrogen) atoms. The fourth-order valence-corrected chi connectivity index (χ4v) is 4.39. The molecule has 0 saturated carbocycles. The number of likely N-dealkylation sites (tertiary alicyclic amines) is 1. The van der Waals surface area contributed by atoms with Crippen LogP contribution in [0.3, 0.4) is 0 Å². The summed E-state index contributed by atoms with van der Waals surface area (Å²) in [5.41, 5.74) is -0.508. The fourth-order valence-electron chi connectivity index (χ4n) is 4.21. The van der Waals surface area contributed by atoms with Gasteiger partial charge in [0.05, 0.1) is 26.0 Å². The Morgan fingerprint density at radius 1 is 1.19 bits per heavy atom. The predicted molar refractivity (Wildman–Crippen MR) is 113 cm³/mol. The summed E-state index contributed by atoms with van der Waals surface area (Å²) >= 11 is 6.09. The van der Waals surface area contributed by atoms with Crippen molar-refractivity contribution in [2.75, 3.05) is 46.0 Å². The van der Waals surface area contributed by atoms with E-state index in [-0.39, 0.29) is 17.6 Å². The van der Waals surface area contributed by atoms with Crippen LogP contribution in [0.1, 0.15) is 29.8 Å². The van der Waals surface area contributed by atoms with Crippen molar-refractivity contribution in [3.63, 3.8) is 0 Å². The van der Waals surface area contributed by atoms with Crippen molar-refractivity contribution in [1.29, 1.82) is 0 Å². The molecule has 1 unspecified atom stereocenters. The van der Waals surface area contributed by atoms with Gasteiger partial charge in [0.25, 0.3) is 5.91 Å². The summed E-state index contributed by atoms with van der Waals surface area (Å²) in [5.74, 6) is 0.686. The average Bonchev–Trinajstić information content (AvgIpc) is 3.33. The van der Waals surface area contributed by atoms with Gasteiger partial charge in [-0.25, -0.2) is 4.98 Å². The number of hydrogen-bond donors (Lipinski definition) is 0. The van der Waals surface area contributed by atoms with E-state index in [2.05, 4.69) is 4.98 Å². The molecule has 2 aromatic rings. The maximum atomic E-state index is 13.1. The molecule has 0 N–H and O–H groups in total. The lowest BCUT2D eigenvalue weighted by Crippen LogP contribution is -2.52. The Bertz CT molecular complexity index is 900. The highest BCUT2D eigenvalue weighted by Gasteiger charge is 2.41. The number of piperidine rings is 1. The Morgan fingerprint density at radius 2 is 2.03 bits per heavy atom. The Hall–Kier alpha value is -2.58. The second kappa shape index (κ2) is 9.70. The zero-order chi connectivity index (χ0) is 21.7. The van der Waals surface area contributed by atoms with Gasteiger partial charge >= 0.3 is 0 Å². The second-order valence-electron chi connectivity index (χ2n) is 8.11. The number of benzene rings is 1. The molecule has 0 spiro atoms. The van der Waals surface area contributed by atoms with Crippen LogP contribution in [-0.2, 0) is 9.53 Å². The third-order valence-corrected chi connectivity index (χ3v) is 6.06. The van der Waals surface area contributed by atoms with Crippen LogP contribution in [0, 0.1) is 5.41 Å². The number of aromatic nitrogens is 1. The third-order valence-electron chi connectivity index (χ3n) is 5.82. The first-order valence-corrected chi connectivity index (χ1v) is 10.8. The van der Waals surface area contributed by atoms with Crippen molar-refractivity contribution < 1.29 is 23.5 Å². The van der Waals surface area contributed by atoms with E-state index in [1.807, 2.05) is 17.0 Å². The third kappa shape index (κ3) is 5.37. The quantitative estimate of drug-likeness (QED) is 0.677. The molecule has 1 aromatic heterocycles. The maximum absolute atomic E-state index is 13.1. The van der Waals surface area contributed by atoms with Gasteiger partial charge in [-0.05, 0) is 31.0 Å². The van der Waals surface area contributed by atoms with Crippen LogP contribution in [-0.4, -0.2) is 72.6 Å². The average molecular weight is 448 g/mol. The van der Waals surface area contributed by atoms with Crippen molar-refractivity contribution in [3.05, 3.63) is 47.6 Å². The normalized spacial score (nSPS) is 21.7. The summed E-state index contributed by atoms with van der Waals surface area (Å²) in [5, 5.41) is 0.585. The molecule has 2 aliphatic heterocycles. The zero-order valence-corrected chi connectivity index (χ0v) is 18.1. The lowest BCUT2D eigenvalue weighted by atomic mass is 9.77. The number of carbonyl (C=O) groups is 2. The Morgan fingerprint density at radius 3 is 2.77 bits per heavy atom. The number of amides is 2. The molecule has 3 heterocycles. The molecule has 166 valence electrons. The Balaban J connectivity index is 1.52. The van der Waals surface area contributed by atoms with Crippen LogP contribution in [0.4, 0.5) is 0 Å². The minimum absolute atomic E-state index is 0.0620. The highest BCUT2D eigenvalue weighted by atomic mass is 35.5. The van der Waals surface area contributed by atoms with E-state index in [0.29, 0.717) is 63.2 Å². The monoisotopic (exact) mass is 447 g/mol. The standard InChI is InChI=1S/C22H26ClN3O5/c23-17-3-1-4-18(11-17)30-15-22(12-20(27)25-7-9-29-10-8-25)5-2-6-26(14-22)21(28)19-13-24-16-31-19/h1,3-4,11,13,16H,2,5-10,12,14-15H2. The molecule has 8 nitrogen and oxygen atoms in total. The summed E-state index contributed by atoms with van der Waals surface area (Å²) in [7, 11) is 0. The number of ether oxygens (including phenoxy) is 2. The van der Waals surface area contributed by atoms with Gasteiger partial charge in [0, 0.05) is 43.0 Å². The fraction of sp³-hybridized carbons (Fsp3) is 0.500. The zero-order valence-electron chi connectivity index (χ0n) is 17.3. The smallest absolute Gasteiger partial charge is 0.291 e. The first-order valence-electron chi connectivity index (χ1n) is 10.5. The van der Waals surface area contributed by atoms with Gasteiger partial charge in [-0.1, -0.05) is 17.7 Å². The van der Waals surface area contributed by atoms with E-state index < -0.39 is 5.41 Å². The summed E-state index contributed by atoms with van der Waals surface area (Å²) in [4.78, 5) is 33.4. The molecule has 9 heteroatoms. The number of nitrogens with zero attached hydrogens (tertiary/aromatic N) is 3. The van der Waals surface area contributed by atoms with Crippen LogP contribution < -0.4 is 4.74 Å². The number of oxazole rings is 1. The summed E-state index contributed by atoms with van der Waals surface area (Å²) < 4.78 is 16.7. The lowest BCUT2D eigenvalue weighted by molar-refractivity contribution is -0.139. The van der Waals surface area contributed by atoms with E-state index >= 15 is 0 Å². The molecule has 2 aliphatic rings. The summed E-state index contributed by atoms with van der Waals surface area (Å²) in [6.07, 6.45) is 4.52. The molecule has 4 rings (SSSR count). The van der Waals surface area contributed by atoms with Crippen LogP contribution in [0.25, 0.3) is 0 Å². The number of rotatable bonds is 6. The van der Waals surface area contributed by atoms with E-state index in [1.54, 1.807) is 17.0 Å². The minimum Gasteiger partial charge on any atom is -0.493 e. The van der Waals surface area contributed by atoms with Crippen molar-refractivity contribution in [2.24, 2.45) is 5.41 Å². The predicted octanol–water partition coefficient (Wildman–Crippen LogP) is 2.88. The van der Waals surface area contributed by atoms with E-state index in [0.717, 1.165) is 12.8 Å². The van der Waals surface area contributed by atoms with Gasteiger partial charge < -0.3 is 23.7 Å².